The molecule has 13 heavy (non-hydrogen) atoms. The van der Waals surface area contributed by atoms with E-state index in [9.17, 15) is 0 Å². The molecule has 0 aliphatic heterocycles. The van der Waals surface area contributed by atoms with Gasteiger partial charge in [-0.1, -0.05) is 33.6 Å². The molecule has 0 aromatic rings. The Balaban J connectivity index is 2.39. The molecule has 0 spiro atoms. The van der Waals surface area contributed by atoms with Gasteiger partial charge in [0.25, 0.3) is 0 Å². The normalized spacial score (nSPS) is 21.9. The molecule has 0 aromatic heterocycles. The zero-order valence-electron chi connectivity index (χ0n) is 9.69. The lowest BCUT2D eigenvalue weighted by molar-refractivity contribution is 0.293. The maximum absolute atomic E-state index is 3.50. The average molecular weight is 183 g/mol. The summed E-state index contributed by atoms with van der Waals surface area (Å²) in [7, 11) is 2.12. The summed E-state index contributed by atoms with van der Waals surface area (Å²) in [5.41, 5.74) is 0.636. The maximum atomic E-state index is 3.50. The molecule has 1 atom stereocenters. The van der Waals surface area contributed by atoms with E-state index < -0.39 is 0 Å². The molecule has 1 unspecified atom stereocenters. The lowest BCUT2D eigenvalue weighted by atomic mass is 9.87. The third-order valence-electron chi connectivity index (χ3n) is 3.95. The summed E-state index contributed by atoms with van der Waals surface area (Å²) < 4.78 is 0. The standard InChI is InChI=1S/C12H25N/c1-5-10(6-2)9-11(13-4)12(3)7-8-12/h10-11,13H,5-9H2,1-4H3. The van der Waals surface area contributed by atoms with E-state index in [1.807, 2.05) is 0 Å². The fourth-order valence-corrected chi connectivity index (χ4v) is 2.25. The third-order valence-corrected chi connectivity index (χ3v) is 3.95. The Kier molecular flexibility index (Phi) is 3.78. The zero-order chi connectivity index (χ0) is 9.90. The number of rotatable bonds is 6. The Bertz CT molecular complexity index is 145. The molecular formula is C12H25N. The first-order valence-electron chi connectivity index (χ1n) is 5.83. The van der Waals surface area contributed by atoms with Gasteiger partial charge in [0.2, 0.25) is 0 Å². The van der Waals surface area contributed by atoms with Crippen LogP contribution in [0.5, 0.6) is 0 Å². The summed E-state index contributed by atoms with van der Waals surface area (Å²) in [4.78, 5) is 0. The Hall–Kier alpha value is -0.0400. The predicted octanol–water partition coefficient (Wildman–Crippen LogP) is 3.20. The van der Waals surface area contributed by atoms with Crippen molar-refractivity contribution in [2.45, 2.75) is 58.9 Å². The third kappa shape index (κ3) is 2.70. The fourth-order valence-electron chi connectivity index (χ4n) is 2.25. The van der Waals surface area contributed by atoms with Crippen LogP contribution in [0.2, 0.25) is 0 Å². The monoisotopic (exact) mass is 183 g/mol. The van der Waals surface area contributed by atoms with Gasteiger partial charge in [0.15, 0.2) is 0 Å². The van der Waals surface area contributed by atoms with Gasteiger partial charge in [-0.2, -0.15) is 0 Å². The van der Waals surface area contributed by atoms with Gasteiger partial charge in [-0.25, -0.2) is 0 Å². The van der Waals surface area contributed by atoms with Crippen molar-refractivity contribution in [3.05, 3.63) is 0 Å². The highest BCUT2D eigenvalue weighted by atomic mass is 14.9. The second-order valence-electron chi connectivity index (χ2n) is 4.91. The van der Waals surface area contributed by atoms with Crippen molar-refractivity contribution in [3.63, 3.8) is 0 Å². The van der Waals surface area contributed by atoms with Gasteiger partial charge >= 0.3 is 0 Å². The predicted molar refractivity (Wildman–Crippen MR) is 58.9 cm³/mol. The van der Waals surface area contributed by atoms with E-state index in [0.29, 0.717) is 5.41 Å². The van der Waals surface area contributed by atoms with E-state index in [0.717, 1.165) is 12.0 Å². The molecule has 1 fully saturated rings. The molecule has 0 amide bonds. The Labute approximate surface area is 83.3 Å². The van der Waals surface area contributed by atoms with E-state index in [-0.39, 0.29) is 0 Å². The molecule has 1 aliphatic rings. The summed E-state index contributed by atoms with van der Waals surface area (Å²) in [6, 6.07) is 0.761. The van der Waals surface area contributed by atoms with Gasteiger partial charge in [-0.3, -0.25) is 0 Å². The van der Waals surface area contributed by atoms with Crippen molar-refractivity contribution in [1.82, 2.24) is 5.32 Å². The van der Waals surface area contributed by atoms with E-state index in [4.69, 9.17) is 0 Å². The summed E-state index contributed by atoms with van der Waals surface area (Å²) in [5, 5.41) is 3.50. The first-order chi connectivity index (χ1) is 6.16. The van der Waals surface area contributed by atoms with Crippen LogP contribution in [0.15, 0.2) is 0 Å². The van der Waals surface area contributed by atoms with Crippen LogP contribution >= 0.6 is 0 Å². The quantitative estimate of drug-likeness (QED) is 0.667. The fraction of sp³-hybridized carbons (Fsp3) is 1.00. The second kappa shape index (κ2) is 4.45. The van der Waals surface area contributed by atoms with Gasteiger partial charge in [0.05, 0.1) is 0 Å². The molecule has 0 saturated heterocycles. The topological polar surface area (TPSA) is 12.0 Å². The highest BCUT2D eigenvalue weighted by molar-refractivity contribution is 4.98. The smallest absolute Gasteiger partial charge is 0.0120 e. The molecule has 1 N–H and O–H groups in total. The van der Waals surface area contributed by atoms with Crippen LogP contribution in [0.4, 0.5) is 0 Å². The molecule has 0 aromatic carbocycles. The maximum Gasteiger partial charge on any atom is 0.0120 e. The van der Waals surface area contributed by atoms with Crippen molar-refractivity contribution >= 4 is 0 Å². The van der Waals surface area contributed by atoms with E-state index >= 15 is 0 Å². The van der Waals surface area contributed by atoms with E-state index in [1.54, 1.807) is 0 Å². The highest BCUT2D eigenvalue weighted by Crippen LogP contribution is 2.49. The molecule has 1 aliphatic carbocycles. The number of hydrogen-bond acceptors (Lipinski definition) is 1. The molecule has 1 saturated carbocycles. The van der Waals surface area contributed by atoms with E-state index in [2.05, 4.69) is 33.1 Å². The van der Waals surface area contributed by atoms with Crippen molar-refractivity contribution < 1.29 is 0 Å². The van der Waals surface area contributed by atoms with Crippen LogP contribution in [0, 0.1) is 11.3 Å². The number of hydrogen-bond donors (Lipinski definition) is 1. The SMILES string of the molecule is CCC(CC)CC(NC)C1(C)CC1. The van der Waals surface area contributed by atoms with Gasteiger partial charge in [0.1, 0.15) is 0 Å². The molecule has 1 nitrogen and oxygen atoms in total. The van der Waals surface area contributed by atoms with Crippen molar-refractivity contribution in [3.8, 4) is 0 Å². The lowest BCUT2D eigenvalue weighted by Gasteiger charge is -2.26. The molecular weight excluding hydrogens is 158 g/mol. The van der Waals surface area contributed by atoms with Crippen molar-refractivity contribution in [2.75, 3.05) is 7.05 Å². The van der Waals surface area contributed by atoms with Crippen molar-refractivity contribution in [1.29, 1.82) is 0 Å². The molecule has 1 rings (SSSR count). The molecule has 1 heteroatoms. The van der Waals surface area contributed by atoms with Crippen LogP contribution in [0.3, 0.4) is 0 Å². The molecule has 78 valence electrons. The number of nitrogens with one attached hydrogen (secondary N) is 1. The second-order valence-corrected chi connectivity index (χ2v) is 4.91. The lowest BCUT2D eigenvalue weighted by Crippen LogP contribution is -2.35. The zero-order valence-corrected chi connectivity index (χ0v) is 9.69. The first-order valence-corrected chi connectivity index (χ1v) is 5.83. The Morgan fingerprint density at radius 2 is 1.77 bits per heavy atom. The minimum absolute atomic E-state index is 0.636. The van der Waals surface area contributed by atoms with Gasteiger partial charge < -0.3 is 5.32 Å². The van der Waals surface area contributed by atoms with Gasteiger partial charge in [0, 0.05) is 6.04 Å². The summed E-state index contributed by atoms with van der Waals surface area (Å²) in [6.45, 7) is 7.06. The van der Waals surface area contributed by atoms with Crippen LogP contribution in [0.1, 0.15) is 52.9 Å². The summed E-state index contributed by atoms with van der Waals surface area (Å²) >= 11 is 0. The van der Waals surface area contributed by atoms with Crippen LogP contribution in [0.25, 0.3) is 0 Å². The largest absolute Gasteiger partial charge is 0.316 e. The minimum atomic E-state index is 0.636. The Morgan fingerprint density at radius 1 is 1.23 bits per heavy atom. The highest BCUT2D eigenvalue weighted by Gasteiger charge is 2.44. The molecule has 0 bridgehead atoms. The summed E-state index contributed by atoms with van der Waals surface area (Å²) in [5.74, 6) is 0.926. The van der Waals surface area contributed by atoms with Crippen LogP contribution < -0.4 is 5.32 Å². The van der Waals surface area contributed by atoms with Crippen LogP contribution in [-0.4, -0.2) is 13.1 Å². The molecule has 0 heterocycles. The van der Waals surface area contributed by atoms with Gasteiger partial charge in [-0.05, 0) is 37.6 Å². The first kappa shape index (κ1) is 11.0. The minimum Gasteiger partial charge on any atom is -0.316 e. The molecule has 0 radical (unpaired) electrons. The van der Waals surface area contributed by atoms with E-state index in [1.165, 1.54) is 32.1 Å². The average Bonchev–Trinajstić information content (AvgIpc) is 2.87. The Morgan fingerprint density at radius 3 is 2.08 bits per heavy atom. The summed E-state index contributed by atoms with van der Waals surface area (Å²) in [6.07, 6.45) is 6.91. The van der Waals surface area contributed by atoms with Crippen LogP contribution in [-0.2, 0) is 0 Å². The van der Waals surface area contributed by atoms with Gasteiger partial charge in [-0.15, -0.1) is 0 Å². The van der Waals surface area contributed by atoms with Crippen molar-refractivity contribution in [2.24, 2.45) is 11.3 Å².